The number of hydrogen-bond donors (Lipinski definition) is 0. The van der Waals surface area contributed by atoms with Crippen LogP contribution in [0.2, 0.25) is 0 Å². The van der Waals surface area contributed by atoms with Gasteiger partial charge in [-0.05, 0) is 83.5 Å². The fourth-order valence-corrected chi connectivity index (χ4v) is 9.06. The Morgan fingerprint density at radius 2 is 0.553 bits per heavy atom. The molecule has 0 fully saturated rings. The molecule has 0 aliphatic carbocycles. The first-order chi connectivity index (χ1) is 37.5. The van der Waals surface area contributed by atoms with E-state index in [1.165, 1.54) is 186 Å². The van der Waals surface area contributed by atoms with Crippen molar-refractivity contribution in [1.82, 2.24) is 0 Å². The second-order valence-corrected chi connectivity index (χ2v) is 21.3. The monoisotopic (exact) mass is 1060 g/mol. The van der Waals surface area contributed by atoms with Crippen molar-refractivity contribution in [3.05, 3.63) is 97.2 Å². The molecule has 76 heavy (non-hydrogen) atoms. The number of unbranched alkanes of at least 4 members (excludes halogenated alkanes) is 32. The summed E-state index contributed by atoms with van der Waals surface area (Å²) in [7, 11) is 0. The van der Waals surface area contributed by atoms with Crippen molar-refractivity contribution < 1.29 is 28.6 Å². The van der Waals surface area contributed by atoms with Crippen LogP contribution in [0.5, 0.6) is 0 Å². The maximum atomic E-state index is 12.8. The highest BCUT2D eigenvalue weighted by molar-refractivity contribution is 5.72. The minimum Gasteiger partial charge on any atom is -0.462 e. The van der Waals surface area contributed by atoms with Gasteiger partial charge in [-0.25, -0.2) is 0 Å². The van der Waals surface area contributed by atoms with Crippen molar-refractivity contribution in [2.45, 2.75) is 316 Å². The number of allylic oxidation sites excluding steroid dienone is 15. The van der Waals surface area contributed by atoms with Crippen LogP contribution in [0.4, 0.5) is 0 Å². The molecule has 0 aromatic rings. The van der Waals surface area contributed by atoms with Gasteiger partial charge in [0, 0.05) is 12.8 Å². The minimum atomic E-state index is -0.831. The molecule has 0 amide bonds. The predicted molar refractivity (Wildman–Crippen MR) is 330 cm³/mol. The van der Waals surface area contributed by atoms with Gasteiger partial charge in [0.25, 0.3) is 0 Å². The van der Waals surface area contributed by atoms with Crippen molar-refractivity contribution in [3.8, 4) is 0 Å². The van der Waals surface area contributed by atoms with Crippen LogP contribution in [0.3, 0.4) is 0 Å². The largest absolute Gasteiger partial charge is 0.462 e. The van der Waals surface area contributed by atoms with Crippen molar-refractivity contribution >= 4 is 17.9 Å². The molecule has 6 nitrogen and oxygen atoms in total. The summed E-state index contributed by atoms with van der Waals surface area (Å²) >= 11 is 0. The molecule has 0 saturated heterocycles. The molecule has 0 aliphatic rings. The molecule has 0 aromatic heterocycles. The third-order valence-corrected chi connectivity index (χ3v) is 13.9. The summed E-state index contributed by atoms with van der Waals surface area (Å²) in [6, 6.07) is 0. The second-order valence-electron chi connectivity index (χ2n) is 21.3. The summed E-state index contributed by atoms with van der Waals surface area (Å²) in [5.41, 5.74) is 0. The van der Waals surface area contributed by atoms with Gasteiger partial charge < -0.3 is 14.2 Å². The van der Waals surface area contributed by atoms with Gasteiger partial charge in [-0.3, -0.25) is 14.4 Å². The fraction of sp³-hybridized carbons (Fsp3) is 0.729. The quantitative estimate of drug-likeness (QED) is 0.0261. The van der Waals surface area contributed by atoms with Crippen molar-refractivity contribution in [2.24, 2.45) is 0 Å². The van der Waals surface area contributed by atoms with Gasteiger partial charge in [0.2, 0.25) is 0 Å². The lowest BCUT2D eigenvalue weighted by molar-refractivity contribution is -0.166. The van der Waals surface area contributed by atoms with E-state index in [1.807, 2.05) is 6.08 Å². The van der Waals surface area contributed by atoms with Gasteiger partial charge in [0.15, 0.2) is 6.10 Å². The van der Waals surface area contributed by atoms with E-state index in [9.17, 15) is 14.4 Å². The van der Waals surface area contributed by atoms with E-state index >= 15 is 0 Å². The second kappa shape index (κ2) is 63.9. The lowest BCUT2D eigenvalue weighted by atomic mass is 10.0. The Labute approximate surface area is 470 Å². The molecule has 436 valence electrons. The van der Waals surface area contributed by atoms with E-state index in [1.54, 1.807) is 6.08 Å². The van der Waals surface area contributed by atoms with Crippen LogP contribution in [-0.4, -0.2) is 37.2 Å². The van der Waals surface area contributed by atoms with Crippen LogP contribution in [0.15, 0.2) is 97.2 Å². The molecule has 0 aliphatic heterocycles. The van der Waals surface area contributed by atoms with E-state index in [2.05, 4.69) is 106 Å². The van der Waals surface area contributed by atoms with Crippen molar-refractivity contribution in [2.75, 3.05) is 13.2 Å². The van der Waals surface area contributed by atoms with Crippen LogP contribution >= 0.6 is 0 Å². The maximum Gasteiger partial charge on any atom is 0.310 e. The molecule has 0 aromatic carbocycles. The van der Waals surface area contributed by atoms with E-state index in [-0.39, 0.29) is 31.6 Å². The third-order valence-electron chi connectivity index (χ3n) is 13.9. The third kappa shape index (κ3) is 61.2. The number of esters is 3. The zero-order valence-corrected chi connectivity index (χ0v) is 50.0. The van der Waals surface area contributed by atoms with Gasteiger partial charge in [0.1, 0.15) is 13.2 Å². The Morgan fingerprint density at radius 1 is 0.289 bits per heavy atom. The Hall–Kier alpha value is -3.67. The Morgan fingerprint density at radius 3 is 0.868 bits per heavy atom. The molecule has 0 N–H and O–H groups in total. The summed E-state index contributed by atoms with van der Waals surface area (Å²) in [5, 5.41) is 0. The summed E-state index contributed by atoms with van der Waals surface area (Å²) in [6.07, 6.45) is 85.9. The topological polar surface area (TPSA) is 78.9 Å². The molecule has 0 saturated carbocycles. The van der Waals surface area contributed by atoms with Crippen molar-refractivity contribution in [3.63, 3.8) is 0 Å². The molecule has 0 radical (unpaired) electrons. The van der Waals surface area contributed by atoms with Crippen LogP contribution in [0.1, 0.15) is 310 Å². The average Bonchev–Trinajstić information content (AvgIpc) is 3.42. The van der Waals surface area contributed by atoms with Crippen molar-refractivity contribution in [1.29, 1.82) is 0 Å². The average molecular weight is 1060 g/mol. The molecule has 0 spiro atoms. The first-order valence-corrected chi connectivity index (χ1v) is 32.2. The minimum absolute atomic E-state index is 0.0977. The van der Waals surface area contributed by atoms with Gasteiger partial charge in [-0.15, -0.1) is 0 Å². The lowest BCUT2D eigenvalue weighted by Gasteiger charge is -2.18. The zero-order chi connectivity index (χ0) is 55.0. The predicted octanol–water partition coefficient (Wildman–Crippen LogP) is 22.0. The Balaban J connectivity index is 4.29. The van der Waals surface area contributed by atoms with Gasteiger partial charge in [-0.2, -0.15) is 0 Å². The highest BCUT2D eigenvalue weighted by atomic mass is 16.6. The van der Waals surface area contributed by atoms with Gasteiger partial charge in [0.05, 0.1) is 6.42 Å². The van der Waals surface area contributed by atoms with E-state index in [4.69, 9.17) is 14.2 Å². The maximum absolute atomic E-state index is 12.8. The SMILES string of the molecule is CC/C=C\C/C=C\C/C=C\C/C=C\C/C=C\CC(=O)OC(COC(=O)CCCCCCCCCCCCCCCC)COC(=O)CCCCCCCCCCCCCCCC/C=C\C/C=C\C/C=C\CCCCCCC. The van der Waals surface area contributed by atoms with Crippen LogP contribution < -0.4 is 0 Å². The number of hydrogen-bond acceptors (Lipinski definition) is 6. The molecular formula is C70H120O6. The number of carbonyl (C=O) groups is 3. The van der Waals surface area contributed by atoms with E-state index < -0.39 is 12.1 Å². The zero-order valence-electron chi connectivity index (χ0n) is 50.0. The lowest BCUT2D eigenvalue weighted by Crippen LogP contribution is -2.30. The number of ether oxygens (including phenoxy) is 3. The molecule has 0 bridgehead atoms. The highest BCUT2D eigenvalue weighted by Gasteiger charge is 2.19. The van der Waals surface area contributed by atoms with E-state index in [0.29, 0.717) is 12.8 Å². The molecule has 0 heterocycles. The number of rotatable bonds is 58. The summed E-state index contributed by atoms with van der Waals surface area (Å²) < 4.78 is 16.8. The van der Waals surface area contributed by atoms with Crippen LogP contribution in [-0.2, 0) is 28.6 Å². The summed E-state index contributed by atoms with van der Waals surface area (Å²) in [6.45, 7) is 6.46. The molecule has 1 unspecified atom stereocenters. The van der Waals surface area contributed by atoms with Gasteiger partial charge in [-0.1, -0.05) is 304 Å². The van der Waals surface area contributed by atoms with Crippen LogP contribution in [0.25, 0.3) is 0 Å². The van der Waals surface area contributed by atoms with Crippen LogP contribution in [0, 0.1) is 0 Å². The molecule has 1 atom stereocenters. The molecule has 6 heteroatoms. The van der Waals surface area contributed by atoms with E-state index in [0.717, 1.165) is 83.5 Å². The highest BCUT2D eigenvalue weighted by Crippen LogP contribution is 2.16. The first-order valence-electron chi connectivity index (χ1n) is 32.2. The van der Waals surface area contributed by atoms with Gasteiger partial charge >= 0.3 is 17.9 Å². The standard InChI is InChI=1S/C70H120O6/c1-4-7-10-13-16-19-22-25-28-29-30-31-32-33-34-35-36-37-38-39-40-41-43-45-48-51-54-57-60-63-69(72)75-66-67(65-74-68(71)62-59-56-53-50-47-44-27-24-21-18-15-12-9-6-3)76-70(73)64-61-58-55-52-49-46-42-26-23-20-17-14-11-8-5-2/h8,11,17,20,22,25-26,29-30,32-33,42,49,52,58,61,67H,4-7,9-10,12-16,18-19,21,23-24,27-28,31,34-41,43-48,50-51,53-57,59-60,62-66H2,1-3H3/b11-8-,20-17-,25-22-,30-29-,33-32-,42-26-,52-49-,61-58-. The first kappa shape index (κ1) is 72.3. The summed E-state index contributed by atoms with van der Waals surface area (Å²) in [4.78, 5) is 38.2. The summed E-state index contributed by atoms with van der Waals surface area (Å²) in [5.74, 6) is -1.03. The fourth-order valence-electron chi connectivity index (χ4n) is 9.06. The normalized spacial score (nSPS) is 12.7. The Kier molecular flexibility index (Phi) is 60.8. The molecular weight excluding hydrogens is 937 g/mol. The smallest absolute Gasteiger partial charge is 0.310 e. The number of carbonyl (C=O) groups excluding carboxylic acids is 3. The molecule has 0 rings (SSSR count). The Bertz CT molecular complexity index is 1490.